The molecule has 126 valence electrons. The number of aromatic hydroxyl groups is 1. The summed E-state index contributed by atoms with van der Waals surface area (Å²) in [6.07, 6.45) is 0. The SMILES string of the molecule is Cc1cc(O)ccc1-c1nn(C(C)C)c2c(-c3ccsc3)cccc12. The van der Waals surface area contributed by atoms with Crippen LogP contribution in [-0.4, -0.2) is 14.9 Å². The first-order valence-corrected chi connectivity index (χ1v) is 9.34. The van der Waals surface area contributed by atoms with Crippen LogP contribution in [0.2, 0.25) is 0 Å². The Morgan fingerprint density at radius 2 is 1.92 bits per heavy atom. The lowest BCUT2D eigenvalue weighted by Crippen LogP contribution is -2.03. The van der Waals surface area contributed by atoms with Crippen molar-refractivity contribution in [2.75, 3.05) is 0 Å². The molecule has 2 aromatic heterocycles. The highest BCUT2D eigenvalue weighted by Gasteiger charge is 2.19. The zero-order valence-electron chi connectivity index (χ0n) is 14.5. The summed E-state index contributed by atoms with van der Waals surface area (Å²) in [5.41, 5.74) is 6.66. The topological polar surface area (TPSA) is 38.1 Å². The van der Waals surface area contributed by atoms with E-state index in [1.54, 1.807) is 23.5 Å². The molecule has 4 aromatic rings. The number of phenolic OH excluding ortho intramolecular Hbond substituents is 1. The minimum atomic E-state index is 0.258. The smallest absolute Gasteiger partial charge is 0.115 e. The first-order valence-electron chi connectivity index (χ1n) is 8.40. The number of hydrogen-bond donors (Lipinski definition) is 1. The molecule has 2 aromatic carbocycles. The lowest BCUT2D eigenvalue weighted by molar-refractivity contribution is 0.475. The maximum atomic E-state index is 9.74. The third-order valence-electron chi connectivity index (χ3n) is 4.51. The van der Waals surface area contributed by atoms with Gasteiger partial charge >= 0.3 is 0 Å². The Bertz CT molecular complexity index is 1050. The summed E-state index contributed by atoms with van der Waals surface area (Å²) in [4.78, 5) is 0. The van der Waals surface area contributed by atoms with Gasteiger partial charge in [0.1, 0.15) is 11.4 Å². The Labute approximate surface area is 151 Å². The van der Waals surface area contributed by atoms with Crippen LogP contribution < -0.4 is 0 Å². The van der Waals surface area contributed by atoms with Gasteiger partial charge < -0.3 is 5.11 Å². The predicted molar refractivity (Wildman–Crippen MR) is 105 cm³/mol. The van der Waals surface area contributed by atoms with Crippen molar-refractivity contribution in [2.45, 2.75) is 26.8 Å². The fourth-order valence-corrected chi connectivity index (χ4v) is 3.99. The molecule has 0 unspecified atom stereocenters. The van der Waals surface area contributed by atoms with Crippen molar-refractivity contribution in [1.82, 2.24) is 9.78 Å². The first kappa shape index (κ1) is 15.9. The molecule has 0 saturated heterocycles. The number of para-hydroxylation sites is 1. The highest BCUT2D eigenvalue weighted by Crippen LogP contribution is 2.38. The van der Waals surface area contributed by atoms with Gasteiger partial charge in [0, 0.05) is 22.6 Å². The Kier molecular flexibility index (Phi) is 3.85. The van der Waals surface area contributed by atoms with Crippen LogP contribution in [0.5, 0.6) is 5.75 Å². The van der Waals surface area contributed by atoms with Crippen LogP contribution in [0.4, 0.5) is 0 Å². The van der Waals surface area contributed by atoms with Crippen molar-refractivity contribution in [3.8, 4) is 28.1 Å². The minimum Gasteiger partial charge on any atom is -0.508 e. The van der Waals surface area contributed by atoms with Crippen LogP contribution in [0.15, 0.2) is 53.2 Å². The first-order chi connectivity index (χ1) is 12.1. The van der Waals surface area contributed by atoms with E-state index in [1.807, 2.05) is 13.0 Å². The molecule has 0 atom stereocenters. The lowest BCUT2D eigenvalue weighted by Gasteiger charge is -2.10. The van der Waals surface area contributed by atoms with Crippen LogP contribution in [0.1, 0.15) is 25.5 Å². The van der Waals surface area contributed by atoms with Gasteiger partial charge in [-0.2, -0.15) is 16.4 Å². The van der Waals surface area contributed by atoms with E-state index in [2.05, 4.69) is 53.6 Å². The van der Waals surface area contributed by atoms with Crippen LogP contribution in [0.3, 0.4) is 0 Å². The molecule has 0 aliphatic rings. The van der Waals surface area contributed by atoms with Crippen LogP contribution in [0.25, 0.3) is 33.3 Å². The maximum absolute atomic E-state index is 9.74. The van der Waals surface area contributed by atoms with E-state index in [0.29, 0.717) is 0 Å². The average Bonchev–Trinajstić information content (AvgIpc) is 3.22. The molecule has 4 heteroatoms. The Hall–Kier alpha value is -2.59. The molecule has 1 N–H and O–H groups in total. The van der Waals surface area contributed by atoms with Crippen LogP contribution >= 0.6 is 11.3 Å². The summed E-state index contributed by atoms with van der Waals surface area (Å²) >= 11 is 1.71. The van der Waals surface area contributed by atoms with Crippen molar-refractivity contribution >= 4 is 22.2 Å². The lowest BCUT2D eigenvalue weighted by atomic mass is 9.99. The van der Waals surface area contributed by atoms with Crippen molar-refractivity contribution in [1.29, 1.82) is 0 Å². The molecule has 3 nitrogen and oxygen atoms in total. The molecule has 0 saturated carbocycles. The second-order valence-corrected chi connectivity index (χ2v) is 7.38. The van der Waals surface area contributed by atoms with E-state index >= 15 is 0 Å². The molecule has 4 rings (SSSR count). The number of fused-ring (bicyclic) bond motifs is 1. The van der Waals surface area contributed by atoms with Crippen molar-refractivity contribution in [3.63, 3.8) is 0 Å². The van der Waals surface area contributed by atoms with Gasteiger partial charge in [0.05, 0.1) is 5.52 Å². The largest absolute Gasteiger partial charge is 0.508 e. The van der Waals surface area contributed by atoms with Gasteiger partial charge in [-0.3, -0.25) is 4.68 Å². The summed E-state index contributed by atoms with van der Waals surface area (Å²) < 4.78 is 2.12. The quantitative estimate of drug-likeness (QED) is 0.491. The minimum absolute atomic E-state index is 0.258. The van der Waals surface area contributed by atoms with Gasteiger partial charge in [-0.15, -0.1) is 0 Å². The molecule has 0 aliphatic heterocycles. The number of hydrogen-bond acceptors (Lipinski definition) is 3. The molecule has 0 spiro atoms. The van der Waals surface area contributed by atoms with Crippen LogP contribution in [0, 0.1) is 6.92 Å². The standard InChI is InChI=1S/C21H20N2OS/c1-13(2)23-21-18(15-9-10-25-12-15)5-4-6-19(21)20(22-23)17-8-7-16(24)11-14(17)3/h4-13,24H,1-3H3. The number of rotatable bonds is 3. The molecule has 0 aliphatic carbocycles. The fourth-order valence-electron chi connectivity index (χ4n) is 3.33. The normalized spacial score (nSPS) is 11.5. The van der Waals surface area contributed by atoms with Gasteiger partial charge in [-0.05, 0) is 66.9 Å². The number of aromatic nitrogens is 2. The number of benzene rings is 2. The summed E-state index contributed by atoms with van der Waals surface area (Å²) in [6.45, 7) is 6.33. The van der Waals surface area contributed by atoms with E-state index < -0.39 is 0 Å². The Balaban J connectivity index is 2.06. The monoisotopic (exact) mass is 348 g/mol. The highest BCUT2D eigenvalue weighted by atomic mass is 32.1. The van der Waals surface area contributed by atoms with E-state index in [-0.39, 0.29) is 11.8 Å². The number of thiophene rings is 1. The Morgan fingerprint density at radius 1 is 1.08 bits per heavy atom. The van der Waals surface area contributed by atoms with E-state index in [1.165, 1.54) is 16.6 Å². The third kappa shape index (κ3) is 2.63. The molecule has 0 fully saturated rings. The second kappa shape index (κ2) is 6.05. The third-order valence-corrected chi connectivity index (χ3v) is 5.20. The average molecular weight is 348 g/mol. The number of phenols is 1. The van der Waals surface area contributed by atoms with Gasteiger partial charge in [0.25, 0.3) is 0 Å². The second-order valence-electron chi connectivity index (χ2n) is 6.60. The summed E-state index contributed by atoms with van der Waals surface area (Å²) in [7, 11) is 0. The maximum Gasteiger partial charge on any atom is 0.115 e. The summed E-state index contributed by atoms with van der Waals surface area (Å²) in [5, 5.41) is 20.1. The van der Waals surface area contributed by atoms with Crippen molar-refractivity contribution < 1.29 is 5.11 Å². The van der Waals surface area contributed by atoms with E-state index in [4.69, 9.17) is 5.10 Å². The molecule has 0 radical (unpaired) electrons. The highest BCUT2D eigenvalue weighted by molar-refractivity contribution is 7.08. The van der Waals surface area contributed by atoms with Gasteiger partial charge in [0.2, 0.25) is 0 Å². The van der Waals surface area contributed by atoms with E-state index in [9.17, 15) is 5.11 Å². The molecule has 0 amide bonds. The summed E-state index contributed by atoms with van der Waals surface area (Å²) in [6, 6.07) is 14.3. The van der Waals surface area contributed by atoms with Crippen molar-refractivity contribution in [2.24, 2.45) is 0 Å². The van der Waals surface area contributed by atoms with E-state index in [0.717, 1.165) is 22.2 Å². The zero-order chi connectivity index (χ0) is 17.6. The van der Waals surface area contributed by atoms with Crippen LogP contribution in [-0.2, 0) is 0 Å². The van der Waals surface area contributed by atoms with Gasteiger partial charge in [0.15, 0.2) is 0 Å². The molecule has 25 heavy (non-hydrogen) atoms. The molecule has 0 bridgehead atoms. The molecular weight excluding hydrogens is 328 g/mol. The Morgan fingerprint density at radius 3 is 2.60 bits per heavy atom. The summed E-state index contributed by atoms with van der Waals surface area (Å²) in [5.74, 6) is 0.285. The van der Waals surface area contributed by atoms with Gasteiger partial charge in [-0.1, -0.05) is 18.2 Å². The number of nitrogens with zero attached hydrogens (tertiary/aromatic N) is 2. The van der Waals surface area contributed by atoms with Gasteiger partial charge in [-0.25, -0.2) is 0 Å². The predicted octanol–water partition coefficient (Wildman–Crippen LogP) is 6.03. The number of aryl methyl sites for hydroxylation is 1. The zero-order valence-corrected chi connectivity index (χ0v) is 15.3. The molecule has 2 heterocycles. The molecular formula is C21H20N2OS. The van der Waals surface area contributed by atoms with Crippen molar-refractivity contribution in [3.05, 3.63) is 58.8 Å². The fraction of sp³-hybridized carbons (Fsp3) is 0.190.